The molecule has 0 saturated heterocycles. The first-order valence-corrected chi connectivity index (χ1v) is 5.90. The summed E-state index contributed by atoms with van der Waals surface area (Å²) >= 11 is 5.96. The molecule has 0 aliphatic carbocycles. The van der Waals surface area contributed by atoms with Crippen molar-refractivity contribution < 1.29 is 0 Å². The summed E-state index contributed by atoms with van der Waals surface area (Å²) in [4.78, 5) is 4.58. The lowest BCUT2D eigenvalue weighted by Crippen LogP contribution is -2.20. The lowest BCUT2D eigenvalue weighted by Gasteiger charge is -2.07. The number of imidazole rings is 1. The Labute approximate surface area is 100 Å². The lowest BCUT2D eigenvalue weighted by atomic mass is 10.2. The van der Waals surface area contributed by atoms with Crippen LogP contribution in [0.2, 0.25) is 5.02 Å². The summed E-state index contributed by atoms with van der Waals surface area (Å²) in [5.41, 5.74) is 7.90. The zero-order chi connectivity index (χ0) is 11.7. The van der Waals surface area contributed by atoms with E-state index >= 15 is 0 Å². The minimum absolute atomic E-state index is 0.123. The highest BCUT2D eigenvalue weighted by Crippen LogP contribution is 2.21. The summed E-state index contributed by atoms with van der Waals surface area (Å²) in [6.45, 7) is 5.01. The number of fused-ring (bicyclic) bond motifs is 1. The van der Waals surface area contributed by atoms with Crippen LogP contribution in [0.15, 0.2) is 18.2 Å². The van der Waals surface area contributed by atoms with Gasteiger partial charge in [0, 0.05) is 24.0 Å². The van der Waals surface area contributed by atoms with Gasteiger partial charge in [-0.05, 0) is 32.0 Å². The van der Waals surface area contributed by atoms with E-state index in [4.69, 9.17) is 17.3 Å². The third-order valence-electron chi connectivity index (χ3n) is 2.61. The average molecular weight is 238 g/mol. The number of rotatable bonds is 3. The Morgan fingerprint density at radius 2 is 2.25 bits per heavy atom. The lowest BCUT2D eigenvalue weighted by molar-refractivity contribution is 0.647. The van der Waals surface area contributed by atoms with Crippen LogP contribution in [0, 0.1) is 0 Å². The maximum atomic E-state index is 5.96. The Bertz CT molecular complexity index is 502. The van der Waals surface area contributed by atoms with Crippen LogP contribution in [0.25, 0.3) is 11.0 Å². The fourth-order valence-electron chi connectivity index (χ4n) is 1.95. The quantitative estimate of drug-likeness (QED) is 0.892. The highest BCUT2D eigenvalue weighted by Gasteiger charge is 2.10. The molecule has 2 aromatic rings. The smallest absolute Gasteiger partial charge is 0.111 e. The van der Waals surface area contributed by atoms with Gasteiger partial charge in [-0.1, -0.05) is 11.6 Å². The topological polar surface area (TPSA) is 43.8 Å². The second-order valence-electron chi connectivity index (χ2n) is 4.09. The van der Waals surface area contributed by atoms with E-state index in [2.05, 4.69) is 16.5 Å². The van der Waals surface area contributed by atoms with Crippen molar-refractivity contribution in [2.45, 2.75) is 32.9 Å². The van der Waals surface area contributed by atoms with Crippen LogP contribution in [-0.2, 0) is 13.0 Å². The van der Waals surface area contributed by atoms with E-state index in [0.717, 1.165) is 34.8 Å². The van der Waals surface area contributed by atoms with Crippen molar-refractivity contribution in [2.24, 2.45) is 5.73 Å². The van der Waals surface area contributed by atoms with Gasteiger partial charge in [-0.3, -0.25) is 0 Å². The van der Waals surface area contributed by atoms with E-state index in [-0.39, 0.29) is 6.04 Å². The van der Waals surface area contributed by atoms with Crippen LogP contribution in [0.3, 0.4) is 0 Å². The predicted octanol–water partition coefficient (Wildman–Crippen LogP) is 2.60. The van der Waals surface area contributed by atoms with Gasteiger partial charge in [-0.2, -0.15) is 0 Å². The van der Waals surface area contributed by atoms with Gasteiger partial charge >= 0.3 is 0 Å². The van der Waals surface area contributed by atoms with Crippen molar-refractivity contribution >= 4 is 22.6 Å². The summed E-state index contributed by atoms with van der Waals surface area (Å²) < 4.78 is 2.19. The molecule has 0 aliphatic rings. The molecule has 2 rings (SSSR count). The molecule has 1 atom stereocenters. The van der Waals surface area contributed by atoms with Crippen LogP contribution in [0.5, 0.6) is 0 Å². The monoisotopic (exact) mass is 237 g/mol. The van der Waals surface area contributed by atoms with Crippen LogP contribution < -0.4 is 5.73 Å². The highest BCUT2D eigenvalue weighted by molar-refractivity contribution is 6.31. The zero-order valence-corrected chi connectivity index (χ0v) is 10.3. The standard InChI is InChI=1S/C12H16ClN3/c1-3-16-11-5-4-9(13)7-10(11)15-12(16)6-8(2)14/h4-5,7-8H,3,6,14H2,1-2H3. The first-order valence-electron chi connectivity index (χ1n) is 5.52. The predicted molar refractivity (Wildman–Crippen MR) is 67.8 cm³/mol. The van der Waals surface area contributed by atoms with Crippen molar-refractivity contribution in [3.8, 4) is 0 Å². The Hall–Kier alpha value is -1.06. The maximum Gasteiger partial charge on any atom is 0.111 e. The first-order chi connectivity index (χ1) is 7.61. The summed E-state index contributed by atoms with van der Waals surface area (Å²) in [7, 11) is 0. The number of hydrogen-bond donors (Lipinski definition) is 1. The Balaban J connectivity index is 2.56. The van der Waals surface area contributed by atoms with Gasteiger partial charge in [-0.25, -0.2) is 4.98 Å². The summed E-state index contributed by atoms with van der Waals surface area (Å²) in [6.07, 6.45) is 0.792. The fourth-order valence-corrected chi connectivity index (χ4v) is 2.12. The van der Waals surface area contributed by atoms with Gasteiger partial charge in [0.1, 0.15) is 5.82 Å². The maximum absolute atomic E-state index is 5.96. The molecular weight excluding hydrogens is 222 g/mol. The SMILES string of the molecule is CCn1c(CC(C)N)nc2cc(Cl)ccc21. The number of aryl methyl sites for hydroxylation is 1. The van der Waals surface area contributed by atoms with E-state index in [9.17, 15) is 0 Å². The van der Waals surface area contributed by atoms with E-state index < -0.39 is 0 Å². The molecule has 0 amide bonds. The number of benzene rings is 1. The first kappa shape index (κ1) is 11.4. The van der Waals surface area contributed by atoms with Gasteiger partial charge in [0.2, 0.25) is 0 Å². The number of nitrogens with two attached hydrogens (primary N) is 1. The summed E-state index contributed by atoms with van der Waals surface area (Å²) in [6, 6.07) is 5.93. The fraction of sp³-hybridized carbons (Fsp3) is 0.417. The van der Waals surface area contributed by atoms with Gasteiger partial charge < -0.3 is 10.3 Å². The molecule has 1 aromatic heterocycles. The molecule has 4 heteroatoms. The normalized spacial score (nSPS) is 13.2. The molecule has 2 N–H and O–H groups in total. The molecule has 0 bridgehead atoms. The number of halogens is 1. The van der Waals surface area contributed by atoms with Gasteiger partial charge in [0.25, 0.3) is 0 Å². The molecule has 0 aliphatic heterocycles. The molecule has 1 unspecified atom stereocenters. The van der Waals surface area contributed by atoms with Crippen LogP contribution >= 0.6 is 11.6 Å². The van der Waals surface area contributed by atoms with Gasteiger partial charge in [0.15, 0.2) is 0 Å². The molecule has 16 heavy (non-hydrogen) atoms. The third kappa shape index (κ3) is 2.06. The Morgan fingerprint density at radius 1 is 1.50 bits per heavy atom. The molecule has 0 saturated carbocycles. The second kappa shape index (κ2) is 4.44. The van der Waals surface area contributed by atoms with Gasteiger partial charge in [0.05, 0.1) is 11.0 Å². The van der Waals surface area contributed by atoms with Crippen molar-refractivity contribution in [1.29, 1.82) is 0 Å². The zero-order valence-electron chi connectivity index (χ0n) is 9.57. The van der Waals surface area contributed by atoms with E-state index in [1.165, 1.54) is 0 Å². The number of hydrogen-bond acceptors (Lipinski definition) is 2. The average Bonchev–Trinajstić information content (AvgIpc) is 2.52. The Morgan fingerprint density at radius 3 is 2.88 bits per heavy atom. The molecular formula is C12H16ClN3. The van der Waals surface area contributed by atoms with E-state index in [1.807, 2.05) is 25.1 Å². The molecule has 0 radical (unpaired) electrons. The third-order valence-corrected chi connectivity index (χ3v) is 2.85. The van der Waals surface area contributed by atoms with Crippen LogP contribution in [0.4, 0.5) is 0 Å². The molecule has 0 fully saturated rings. The van der Waals surface area contributed by atoms with Crippen molar-refractivity contribution in [1.82, 2.24) is 9.55 Å². The minimum Gasteiger partial charge on any atom is -0.328 e. The molecule has 1 aromatic carbocycles. The second-order valence-corrected chi connectivity index (χ2v) is 4.52. The highest BCUT2D eigenvalue weighted by atomic mass is 35.5. The van der Waals surface area contributed by atoms with Crippen molar-refractivity contribution in [3.63, 3.8) is 0 Å². The van der Waals surface area contributed by atoms with E-state index in [1.54, 1.807) is 0 Å². The largest absolute Gasteiger partial charge is 0.328 e. The molecule has 86 valence electrons. The van der Waals surface area contributed by atoms with E-state index in [0.29, 0.717) is 0 Å². The minimum atomic E-state index is 0.123. The van der Waals surface area contributed by atoms with Crippen LogP contribution in [0.1, 0.15) is 19.7 Å². The summed E-state index contributed by atoms with van der Waals surface area (Å²) in [5.74, 6) is 1.04. The summed E-state index contributed by atoms with van der Waals surface area (Å²) in [5, 5.41) is 0.723. The van der Waals surface area contributed by atoms with Crippen LogP contribution in [-0.4, -0.2) is 15.6 Å². The molecule has 1 heterocycles. The Kier molecular flexibility index (Phi) is 3.17. The van der Waals surface area contributed by atoms with Gasteiger partial charge in [-0.15, -0.1) is 0 Å². The molecule has 0 spiro atoms. The number of nitrogens with zero attached hydrogens (tertiary/aromatic N) is 2. The molecule has 3 nitrogen and oxygen atoms in total. The van der Waals surface area contributed by atoms with Crippen molar-refractivity contribution in [2.75, 3.05) is 0 Å². The number of aromatic nitrogens is 2. The van der Waals surface area contributed by atoms with Crippen molar-refractivity contribution in [3.05, 3.63) is 29.0 Å².